The second kappa shape index (κ2) is 11.2. The minimum Gasteiger partial charge on any atom is -0.454 e. The van der Waals surface area contributed by atoms with Gasteiger partial charge in [-0.25, -0.2) is 13.4 Å². The SMILES string of the molecule is CC(C)Cn1c(CN(CC2CCCO2)C(=O)c2ccc3c(c2)OCO3)cnc1S(=O)(=O)Cc1ccccc1. The number of ether oxygens (including phenoxy) is 3. The molecule has 0 aliphatic carbocycles. The molecule has 38 heavy (non-hydrogen) atoms. The van der Waals surface area contributed by atoms with Gasteiger partial charge in [0.05, 0.1) is 30.3 Å². The first kappa shape index (κ1) is 26.2. The molecule has 9 nitrogen and oxygen atoms in total. The molecule has 3 heterocycles. The van der Waals surface area contributed by atoms with E-state index in [4.69, 9.17) is 14.2 Å². The Kier molecular flexibility index (Phi) is 7.71. The number of hydrogen-bond acceptors (Lipinski definition) is 7. The first-order chi connectivity index (χ1) is 18.3. The van der Waals surface area contributed by atoms with Crippen LogP contribution in [0, 0.1) is 5.92 Å². The molecule has 1 aromatic heterocycles. The number of rotatable bonds is 10. The lowest BCUT2D eigenvalue weighted by atomic mass is 10.1. The van der Waals surface area contributed by atoms with E-state index in [9.17, 15) is 13.2 Å². The van der Waals surface area contributed by atoms with Crippen molar-refractivity contribution in [1.29, 1.82) is 0 Å². The maximum atomic E-state index is 13.7. The molecule has 202 valence electrons. The molecule has 0 saturated carbocycles. The van der Waals surface area contributed by atoms with E-state index in [1.807, 2.05) is 32.0 Å². The van der Waals surface area contributed by atoms with Gasteiger partial charge in [-0.1, -0.05) is 44.2 Å². The molecule has 1 fully saturated rings. The third kappa shape index (κ3) is 5.86. The van der Waals surface area contributed by atoms with Crippen LogP contribution in [0.3, 0.4) is 0 Å². The van der Waals surface area contributed by atoms with E-state index in [0.717, 1.165) is 12.8 Å². The molecular weight excluding hydrogens is 506 g/mol. The van der Waals surface area contributed by atoms with Crippen LogP contribution in [0.25, 0.3) is 0 Å². The minimum atomic E-state index is -3.71. The van der Waals surface area contributed by atoms with Crippen LogP contribution in [-0.2, 0) is 33.4 Å². The van der Waals surface area contributed by atoms with Crippen LogP contribution in [0.4, 0.5) is 0 Å². The number of benzene rings is 2. The number of nitrogens with zero attached hydrogens (tertiary/aromatic N) is 3. The highest BCUT2D eigenvalue weighted by molar-refractivity contribution is 7.90. The average Bonchev–Trinajstić information content (AvgIpc) is 3.65. The highest BCUT2D eigenvalue weighted by Gasteiger charge is 2.29. The standard InChI is InChI=1S/C28H33N3O6S/c1-20(2)15-31-23(14-29-28(31)38(33,34)18-21-7-4-3-5-8-21)16-30(17-24-9-6-12-35-24)27(32)22-10-11-25-26(13-22)37-19-36-25/h3-5,7-8,10-11,13-14,20,24H,6,9,12,15-19H2,1-2H3. The van der Waals surface area contributed by atoms with Crippen molar-refractivity contribution in [3.05, 3.63) is 71.5 Å². The minimum absolute atomic E-state index is 0.0256. The molecule has 2 aromatic carbocycles. The highest BCUT2D eigenvalue weighted by Crippen LogP contribution is 2.33. The molecule has 0 N–H and O–H groups in total. The summed E-state index contributed by atoms with van der Waals surface area (Å²) in [6.45, 7) is 5.91. The number of amides is 1. The molecule has 1 saturated heterocycles. The van der Waals surface area contributed by atoms with Crippen LogP contribution in [-0.4, -0.2) is 54.8 Å². The molecule has 1 amide bonds. The predicted octanol–water partition coefficient (Wildman–Crippen LogP) is 4.06. The summed E-state index contributed by atoms with van der Waals surface area (Å²) in [5, 5.41) is 0.0256. The summed E-state index contributed by atoms with van der Waals surface area (Å²) in [5.41, 5.74) is 1.84. The zero-order valence-corrected chi connectivity index (χ0v) is 22.5. The van der Waals surface area contributed by atoms with Gasteiger partial charge in [0.25, 0.3) is 5.91 Å². The van der Waals surface area contributed by atoms with Crippen molar-refractivity contribution in [3.8, 4) is 11.5 Å². The quantitative estimate of drug-likeness (QED) is 0.383. The van der Waals surface area contributed by atoms with E-state index in [1.54, 1.807) is 46.0 Å². The summed E-state index contributed by atoms with van der Waals surface area (Å²) >= 11 is 0. The van der Waals surface area contributed by atoms with Gasteiger partial charge in [-0.3, -0.25) is 4.79 Å². The van der Waals surface area contributed by atoms with Crippen molar-refractivity contribution < 1.29 is 27.4 Å². The van der Waals surface area contributed by atoms with Crippen molar-refractivity contribution >= 4 is 15.7 Å². The predicted molar refractivity (Wildman–Crippen MR) is 141 cm³/mol. The van der Waals surface area contributed by atoms with Gasteiger partial charge in [0, 0.05) is 25.3 Å². The number of carbonyl (C=O) groups is 1. The first-order valence-corrected chi connectivity index (χ1v) is 14.6. The zero-order valence-electron chi connectivity index (χ0n) is 21.7. The maximum absolute atomic E-state index is 13.7. The summed E-state index contributed by atoms with van der Waals surface area (Å²) in [5.74, 6) is 0.982. The molecule has 1 unspecified atom stereocenters. The topological polar surface area (TPSA) is 100.0 Å². The third-order valence-electron chi connectivity index (χ3n) is 6.63. The van der Waals surface area contributed by atoms with Gasteiger partial charge in [-0.2, -0.15) is 0 Å². The Morgan fingerprint density at radius 3 is 2.66 bits per heavy atom. The lowest BCUT2D eigenvalue weighted by Gasteiger charge is -2.26. The van der Waals surface area contributed by atoms with E-state index in [1.165, 1.54) is 0 Å². The number of hydrogen-bond donors (Lipinski definition) is 0. The third-order valence-corrected chi connectivity index (χ3v) is 8.23. The van der Waals surface area contributed by atoms with Crippen molar-refractivity contribution in [1.82, 2.24) is 14.5 Å². The van der Waals surface area contributed by atoms with Gasteiger partial charge in [-0.15, -0.1) is 0 Å². The molecule has 0 radical (unpaired) electrons. The first-order valence-electron chi connectivity index (χ1n) is 12.9. The zero-order chi connectivity index (χ0) is 26.7. The summed E-state index contributed by atoms with van der Waals surface area (Å²) in [7, 11) is -3.71. The number of aromatic nitrogens is 2. The average molecular weight is 540 g/mol. The Morgan fingerprint density at radius 2 is 1.92 bits per heavy atom. The van der Waals surface area contributed by atoms with Crippen LogP contribution in [0.2, 0.25) is 0 Å². The van der Waals surface area contributed by atoms with Crippen molar-refractivity contribution in [2.45, 2.75) is 56.8 Å². The van der Waals surface area contributed by atoms with Crippen LogP contribution in [0.15, 0.2) is 59.9 Å². The molecule has 10 heteroatoms. The fourth-order valence-corrected chi connectivity index (χ4v) is 6.35. The van der Waals surface area contributed by atoms with Gasteiger partial charge in [0.1, 0.15) is 0 Å². The fraction of sp³-hybridized carbons (Fsp3) is 0.429. The van der Waals surface area contributed by atoms with Crippen molar-refractivity contribution in [2.24, 2.45) is 5.92 Å². The van der Waals surface area contributed by atoms with Crippen LogP contribution in [0.1, 0.15) is 48.3 Å². The maximum Gasteiger partial charge on any atom is 0.254 e. The molecule has 2 aliphatic heterocycles. The summed E-state index contributed by atoms with van der Waals surface area (Å²) in [6, 6.07) is 14.2. The molecule has 2 aliphatic rings. The second-order valence-corrected chi connectivity index (χ2v) is 12.1. The number of carbonyl (C=O) groups excluding carboxylic acids is 1. The molecule has 0 bridgehead atoms. The fourth-order valence-electron chi connectivity index (χ4n) is 4.85. The lowest BCUT2D eigenvalue weighted by Crippen LogP contribution is -2.37. The van der Waals surface area contributed by atoms with E-state index in [2.05, 4.69) is 4.98 Å². The Bertz CT molecular complexity index is 1380. The summed E-state index contributed by atoms with van der Waals surface area (Å²) in [4.78, 5) is 19.8. The number of fused-ring (bicyclic) bond motifs is 1. The molecular formula is C28H33N3O6S. The van der Waals surface area contributed by atoms with Crippen LogP contribution in [0.5, 0.6) is 11.5 Å². The largest absolute Gasteiger partial charge is 0.454 e. The second-order valence-electron chi connectivity index (χ2n) is 10.2. The molecule has 0 spiro atoms. The van der Waals surface area contributed by atoms with Crippen LogP contribution >= 0.6 is 0 Å². The van der Waals surface area contributed by atoms with E-state index in [0.29, 0.717) is 48.0 Å². The van der Waals surface area contributed by atoms with Gasteiger partial charge >= 0.3 is 0 Å². The number of sulfone groups is 1. The van der Waals surface area contributed by atoms with E-state index >= 15 is 0 Å². The summed E-state index contributed by atoms with van der Waals surface area (Å²) in [6.07, 6.45) is 3.32. The monoisotopic (exact) mass is 539 g/mol. The van der Waals surface area contributed by atoms with E-state index < -0.39 is 9.84 Å². The van der Waals surface area contributed by atoms with E-state index in [-0.39, 0.29) is 42.2 Å². The number of imidazole rings is 1. The van der Waals surface area contributed by atoms with Crippen molar-refractivity contribution in [2.75, 3.05) is 19.9 Å². The Balaban J connectivity index is 1.46. The lowest BCUT2D eigenvalue weighted by molar-refractivity contribution is 0.0501. The normalized spacial score (nSPS) is 16.8. The molecule has 5 rings (SSSR count). The molecule has 1 atom stereocenters. The smallest absolute Gasteiger partial charge is 0.254 e. The summed E-state index contributed by atoms with van der Waals surface area (Å²) < 4.78 is 45.3. The van der Waals surface area contributed by atoms with Crippen LogP contribution < -0.4 is 9.47 Å². The highest BCUT2D eigenvalue weighted by atomic mass is 32.2. The van der Waals surface area contributed by atoms with Gasteiger partial charge in [-0.05, 0) is 42.5 Å². The Labute approximate surface area is 223 Å². The van der Waals surface area contributed by atoms with Gasteiger partial charge in [0.15, 0.2) is 11.5 Å². The Hall–Kier alpha value is -3.37. The van der Waals surface area contributed by atoms with Crippen molar-refractivity contribution in [3.63, 3.8) is 0 Å². The van der Waals surface area contributed by atoms with Gasteiger partial charge in [0.2, 0.25) is 21.8 Å². The van der Waals surface area contributed by atoms with Gasteiger partial charge < -0.3 is 23.7 Å². The molecule has 3 aromatic rings. The Morgan fingerprint density at radius 1 is 1.13 bits per heavy atom.